The van der Waals surface area contributed by atoms with E-state index in [9.17, 15) is 4.79 Å². The van der Waals surface area contributed by atoms with E-state index >= 15 is 0 Å². The van der Waals surface area contributed by atoms with Crippen LogP contribution >= 0.6 is 11.6 Å². The molecule has 0 aliphatic heterocycles. The van der Waals surface area contributed by atoms with E-state index in [0.29, 0.717) is 17.8 Å². The Bertz CT molecular complexity index is 674. The lowest BCUT2D eigenvalue weighted by Crippen LogP contribution is -2.24. The molecule has 0 unspecified atom stereocenters. The first kappa shape index (κ1) is 16.2. The number of aryl methyl sites for hydroxylation is 1. The van der Waals surface area contributed by atoms with Crippen LogP contribution in [0.1, 0.15) is 11.1 Å². The summed E-state index contributed by atoms with van der Waals surface area (Å²) in [4.78, 5) is 19.4. The number of nitrogen functional groups attached to an aromatic ring is 1. The largest absolute Gasteiger partial charge is 0.468 e. The summed E-state index contributed by atoms with van der Waals surface area (Å²) in [6.45, 7) is 2.41. The minimum absolute atomic E-state index is 0.0740. The van der Waals surface area contributed by atoms with Crippen LogP contribution in [-0.4, -0.2) is 29.6 Å². The molecule has 0 amide bonds. The molecule has 22 heavy (non-hydrogen) atoms. The van der Waals surface area contributed by atoms with Gasteiger partial charge in [0.2, 0.25) is 5.95 Å². The van der Waals surface area contributed by atoms with Gasteiger partial charge >= 0.3 is 5.97 Å². The Morgan fingerprint density at radius 3 is 2.64 bits per heavy atom. The number of anilines is 1. The third-order valence-electron chi connectivity index (χ3n) is 3.10. The highest BCUT2D eigenvalue weighted by molar-refractivity contribution is 6.30. The summed E-state index contributed by atoms with van der Waals surface area (Å²) >= 11 is 6.18. The molecule has 0 aliphatic carbocycles. The first-order chi connectivity index (χ1) is 10.5. The summed E-state index contributed by atoms with van der Waals surface area (Å²) in [5, 5.41) is 3.22. The zero-order chi connectivity index (χ0) is 16.1. The molecule has 0 atom stereocenters. The number of rotatable bonds is 5. The predicted molar refractivity (Wildman–Crippen MR) is 85.4 cm³/mol. The topological polar surface area (TPSA) is 90.1 Å². The zero-order valence-corrected chi connectivity index (χ0v) is 13.1. The summed E-state index contributed by atoms with van der Waals surface area (Å²) in [6, 6.07) is 7.84. The lowest BCUT2D eigenvalue weighted by Gasteiger charge is -2.12. The molecule has 6 nitrogen and oxygen atoms in total. The van der Waals surface area contributed by atoms with E-state index in [1.165, 1.54) is 7.11 Å². The number of nitrogens with zero attached hydrogens (tertiary/aromatic N) is 2. The van der Waals surface area contributed by atoms with Crippen LogP contribution in [0, 0.1) is 6.92 Å². The lowest BCUT2D eigenvalue weighted by atomic mass is 10.1. The van der Waals surface area contributed by atoms with Crippen molar-refractivity contribution in [2.45, 2.75) is 13.5 Å². The number of nitrogens with two attached hydrogens (primary N) is 1. The Kier molecular flexibility index (Phi) is 5.30. The minimum atomic E-state index is -0.357. The quantitative estimate of drug-likeness (QED) is 0.646. The van der Waals surface area contributed by atoms with Crippen molar-refractivity contribution in [2.24, 2.45) is 0 Å². The molecule has 1 aromatic carbocycles. The molecule has 0 fully saturated rings. The second-order valence-electron chi connectivity index (χ2n) is 4.75. The monoisotopic (exact) mass is 320 g/mol. The highest BCUT2D eigenvalue weighted by Gasteiger charge is 2.14. The summed E-state index contributed by atoms with van der Waals surface area (Å²) in [7, 11) is 1.33. The van der Waals surface area contributed by atoms with E-state index in [2.05, 4.69) is 20.0 Å². The third kappa shape index (κ3) is 3.93. The number of ether oxygens (including phenoxy) is 1. The van der Waals surface area contributed by atoms with E-state index in [4.69, 9.17) is 17.3 Å². The second-order valence-corrected chi connectivity index (χ2v) is 5.10. The summed E-state index contributed by atoms with van der Waals surface area (Å²) in [5.41, 5.74) is 9.05. The second kappa shape index (κ2) is 7.20. The van der Waals surface area contributed by atoms with Crippen LogP contribution in [0.4, 0.5) is 5.95 Å². The fourth-order valence-electron chi connectivity index (χ4n) is 1.94. The van der Waals surface area contributed by atoms with Gasteiger partial charge in [0.1, 0.15) is 5.15 Å². The predicted octanol–water partition coefficient (Wildman–Crippen LogP) is 1.95. The maximum Gasteiger partial charge on any atom is 0.319 e. The van der Waals surface area contributed by atoms with Gasteiger partial charge in [-0.2, -0.15) is 0 Å². The first-order valence-electron chi connectivity index (χ1n) is 6.67. The van der Waals surface area contributed by atoms with Gasteiger partial charge in [0.15, 0.2) is 0 Å². The number of nitrogens with one attached hydrogen (secondary N) is 1. The third-order valence-corrected chi connectivity index (χ3v) is 3.41. The van der Waals surface area contributed by atoms with E-state index in [1.54, 1.807) is 0 Å². The number of carbonyl (C=O) groups is 1. The molecule has 0 saturated carbocycles. The average molecular weight is 321 g/mol. The van der Waals surface area contributed by atoms with Crippen LogP contribution < -0.4 is 11.1 Å². The number of hydrogen-bond acceptors (Lipinski definition) is 6. The van der Waals surface area contributed by atoms with E-state index in [0.717, 1.165) is 11.1 Å². The molecule has 2 aromatic rings. The van der Waals surface area contributed by atoms with Crippen LogP contribution in [0.5, 0.6) is 0 Å². The Morgan fingerprint density at radius 2 is 2.00 bits per heavy atom. The number of methoxy groups -OCH3 is 1. The van der Waals surface area contributed by atoms with Crippen LogP contribution in [0.2, 0.25) is 5.15 Å². The molecule has 0 aliphatic rings. The van der Waals surface area contributed by atoms with E-state index in [1.807, 2.05) is 31.2 Å². The van der Waals surface area contributed by atoms with Crippen LogP contribution in [0.25, 0.3) is 11.3 Å². The Labute approximate surface area is 133 Å². The summed E-state index contributed by atoms with van der Waals surface area (Å²) in [6.07, 6.45) is 0. The van der Waals surface area contributed by atoms with Gasteiger partial charge in [-0.3, -0.25) is 4.79 Å². The lowest BCUT2D eigenvalue weighted by molar-refractivity contribution is -0.139. The van der Waals surface area contributed by atoms with Crippen molar-refractivity contribution in [3.63, 3.8) is 0 Å². The van der Waals surface area contributed by atoms with Gasteiger partial charge in [-0.1, -0.05) is 41.4 Å². The van der Waals surface area contributed by atoms with Crippen molar-refractivity contribution < 1.29 is 9.53 Å². The van der Waals surface area contributed by atoms with E-state index < -0.39 is 0 Å². The molecule has 0 spiro atoms. The number of halogens is 1. The molecule has 1 heterocycles. The molecule has 3 N–H and O–H groups in total. The van der Waals surface area contributed by atoms with Crippen molar-refractivity contribution in [1.82, 2.24) is 15.3 Å². The van der Waals surface area contributed by atoms with Crippen molar-refractivity contribution in [1.29, 1.82) is 0 Å². The van der Waals surface area contributed by atoms with Gasteiger partial charge in [-0.05, 0) is 6.92 Å². The van der Waals surface area contributed by atoms with Crippen molar-refractivity contribution in [3.8, 4) is 11.3 Å². The van der Waals surface area contributed by atoms with Crippen molar-refractivity contribution in [3.05, 3.63) is 40.5 Å². The van der Waals surface area contributed by atoms with Gasteiger partial charge in [0, 0.05) is 17.7 Å². The fourth-order valence-corrected chi connectivity index (χ4v) is 2.18. The van der Waals surface area contributed by atoms with Gasteiger partial charge in [0.25, 0.3) is 0 Å². The maximum absolute atomic E-state index is 11.2. The normalized spacial score (nSPS) is 10.5. The molecule has 0 bridgehead atoms. The molecule has 0 radical (unpaired) electrons. The van der Waals surface area contributed by atoms with Crippen molar-refractivity contribution >= 4 is 23.5 Å². The molecule has 0 saturated heterocycles. The van der Waals surface area contributed by atoms with Crippen LogP contribution in [0.15, 0.2) is 24.3 Å². The van der Waals surface area contributed by atoms with Gasteiger partial charge in [-0.15, -0.1) is 0 Å². The Morgan fingerprint density at radius 1 is 1.32 bits per heavy atom. The molecule has 116 valence electrons. The van der Waals surface area contributed by atoms with Crippen LogP contribution in [-0.2, 0) is 16.1 Å². The molecular formula is C15H17ClN4O2. The maximum atomic E-state index is 11.2. The Hall–Kier alpha value is -2.18. The van der Waals surface area contributed by atoms with Crippen LogP contribution in [0.3, 0.4) is 0 Å². The van der Waals surface area contributed by atoms with Gasteiger partial charge < -0.3 is 15.8 Å². The molecule has 1 aromatic heterocycles. The summed E-state index contributed by atoms with van der Waals surface area (Å²) in [5.74, 6) is -0.248. The Balaban J connectivity index is 2.31. The SMILES string of the molecule is COC(=O)CNCc1c(Cl)nc(N)nc1-c1ccc(C)cc1. The smallest absolute Gasteiger partial charge is 0.319 e. The highest BCUT2D eigenvalue weighted by Crippen LogP contribution is 2.27. The molecule has 2 rings (SSSR count). The first-order valence-corrected chi connectivity index (χ1v) is 7.05. The summed E-state index contributed by atoms with van der Waals surface area (Å²) < 4.78 is 4.58. The van der Waals surface area contributed by atoms with Gasteiger partial charge in [-0.25, -0.2) is 9.97 Å². The number of carbonyl (C=O) groups excluding carboxylic acids is 1. The zero-order valence-electron chi connectivity index (χ0n) is 12.4. The number of hydrogen-bond donors (Lipinski definition) is 2. The minimum Gasteiger partial charge on any atom is -0.468 e. The molecular weight excluding hydrogens is 304 g/mol. The fraction of sp³-hybridized carbons (Fsp3) is 0.267. The van der Waals surface area contributed by atoms with Gasteiger partial charge in [0.05, 0.1) is 19.3 Å². The average Bonchev–Trinajstić information content (AvgIpc) is 2.49. The number of esters is 1. The standard InChI is InChI=1S/C15H17ClN4O2/c1-9-3-5-10(6-4-9)13-11(7-18-8-12(21)22-2)14(16)20-15(17)19-13/h3-6,18H,7-8H2,1-2H3,(H2,17,19,20). The van der Waals surface area contributed by atoms with E-state index in [-0.39, 0.29) is 23.6 Å². The van der Waals surface area contributed by atoms with Crippen molar-refractivity contribution in [2.75, 3.05) is 19.4 Å². The number of aromatic nitrogens is 2. The highest BCUT2D eigenvalue weighted by atomic mass is 35.5. The molecule has 7 heteroatoms. The number of benzene rings is 1.